The molecule has 0 bridgehead atoms. The first-order valence-electron chi connectivity index (χ1n) is 11.0. The van der Waals surface area contributed by atoms with E-state index in [-0.39, 0.29) is 11.9 Å². The lowest BCUT2D eigenvalue weighted by Crippen LogP contribution is -2.42. The average Bonchev–Trinajstić information content (AvgIpc) is 3.18. The van der Waals surface area contributed by atoms with Crippen LogP contribution in [-0.2, 0) is 9.53 Å². The van der Waals surface area contributed by atoms with Gasteiger partial charge in [-0.25, -0.2) is 0 Å². The Morgan fingerprint density at radius 3 is 2.63 bits per heavy atom. The van der Waals surface area contributed by atoms with Crippen molar-refractivity contribution in [3.63, 3.8) is 0 Å². The van der Waals surface area contributed by atoms with Gasteiger partial charge in [0.2, 0.25) is 5.91 Å². The average molecular weight is 436 g/mol. The van der Waals surface area contributed by atoms with Crippen LogP contribution in [0.2, 0.25) is 5.02 Å². The molecule has 30 heavy (non-hydrogen) atoms. The number of carbonyl (C=O) groups excluding carboxylic acids is 1. The zero-order valence-electron chi connectivity index (χ0n) is 17.9. The number of guanidine groups is 1. The fourth-order valence-corrected chi connectivity index (χ4v) is 4.07. The number of carbonyl (C=O) groups is 1. The van der Waals surface area contributed by atoms with Gasteiger partial charge >= 0.3 is 0 Å². The van der Waals surface area contributed by atoms with Gasteiger partial charge < -0.3 is 20.3 Å². The van der Waals surface area contributed by atoms with Crippen LogP contribution >= 0.6 is 11.6 Å². The second kappa shape index (κ2) is 12.1. The molecule has 3 rings (SSSR count). The molecule has 1 amide bonds. The van der Waals surface area contributed by atoms with Crippen LogP contribution in [0.3, 0.4) is 0 Å². The summed E-state index contributed by atoms with van der Waals surface area (Å²) >= 11 is 6.09. The molecule has 1 atom stereocenters. The minimum atomic E-state index is 0.184. The van der Waals surface area contributed by atoms with Crippen molar-refractivity contribution >= 4 is 23.5 Å². The van der Waals surface area contributed by atoms with Crippen LogP contribution in [-0.4, -0.2) is 80.7 Å². The number of morpholine rings is 1. The van der Waals surface area contributed by atoms with Gasteiger partial charge in [-0.1, -0.05) is 23.7 Å². The van der Waals surface area contributed by atoms with Crippen molar-refractivity contribution in [1.82, 2.24) is 20.4 Å². The van der Waals surface area contributed by atoms with Gasteiger partial charge in [0, 0.05) is 50.7 Å². The molecule has 2 aliphatic rings. The first-order chi connectivity index (χ1) is 14.7. The van der Waals surface area contributed by atoms with Crippen LogP contribution in [0.4, 0.5) is 0 Å². The SMILES string of the molecule is CCNC(=NCC(c1ccc(Cl)cc1)N1CCOCC1)NCCCN1CCCC1=O. The first kappa shape index (κ1) is 22.8. The monoisotopic (exact) mass is 435 g/mol. The van der Waals surface area contributed by atoms with Gasteiger partial charge in [0.05, 0.1) is 25.8 Å². The highest BCUT2D eigenvalue weighted by molar-refractivity contribution is 6.30. The maximum atomic E-state index is 11.7. The molecule has 2 saturated heterocycles. The molecule has 0 aromatic heterocycles. The highest BCUT2D eigenvalue weighted by Crippen LogP contribution is 2.24. The van der Waals surface area contributed by atoms with E-state index in [1.807, 2.05) is 17.0 Å². The Hall–Kier alpha value is -1.83. The fraction of sp³-hybridized carbons (Fsp3) is 0.636. The molecule has 0 aliphatic carbocycles. The molecule has 166 valence electrons. The summed E-state index contributed by atoms with van der Waals surface area (Å²) in [6.45, 7) is 9.33. The Bertz CT molecular complexity index is 691. The summed E-state index contributed by atoms with van der Waals surface area (Å²) in [5.74, 6) is 1.10. The number of rotatable bonds is 9. The second-order valence-electron chi connectivity index (χ2n) is 7.70. The zero-order valence-corrected chi connectivity index (χ0v) is 18.7. The van der Waals surface area contributed by atoms with E-state index in [4.69, 9.17) is 21.3 Å². The smallest absolute Gasteiger partial charge is 0.222 e. The molecule has 0 saturated carbocycles. The van der Waals surface area contributed by atoms with Crippen LogP contribution < -0.4 is 10.6 Å². The predicted molar refractivity (Wildman–Crippen MR) is 121 cm³/mol. The largest absolute Gasteiger partial charge is 0.379 e. The van der Waals surface area contributed by atoms with Crippen molar-refractivity contribution < 1.29 is 9.53 Å². The summed E-state index contributed by atoms with van der Waals surface area (Å²) in [7, 11) is 0. The van der Waals surface area contributed by atoms with Gasteiger partial charge in [0.25, 0.3) is 0 Å². The number of ether oxygens (including phenoxy) is 1. The van der Waals surface area contributed by atoms with Crippen molar-refractivity contribution in [2.24, 2.45) is 4.99 Å². The lowest BCUT2D eigenvalue weighted by atomic mass is 10.0. The summed E-state index contributed by atoms with van der Waals surface area (Å²) in [5, 5.41) is 7.49. The van der Waals surface area contributed by atoms with E-state index in [2.05, 4.69) is 34.6 Å². The molecule has 8 heteroatoms. The van der Waals surface area contributed by atoms with Crippen molar-refractivity contribution in [2.45, 2.75) is 32.2 Å². The van der Waals surface area contributed by atoms with Crippen molar-refractivity contribution in [3.05, 3.63) is 34.9 Å². The summed E-state index contributed by atoms with van der Waals surface area (Å²) in [5.41, 5.74) is 1.22. The third kappa shape index (κ3) is 6.86. The number of nitrogens with one attached hydrogen (secondary N) is 2. The number of amides is 1. The topological polar surface area (TPSA) is 69.2 Å². The van der Waals surface area contributed by atoms with Crippen LogP contribution in [0, 0.1) is 0 Å². The first-order valence-corrected chi connectivity index (χ1v) is 11.4. The van der Waals surface area contributed by atoms with E-state index in [1.165, 1.54) is 5.56 Å². The van der Waals surface area contributed by atoms with Crippen molar-refractivity contribution in [3.8, 4) is 0 Å². The fourth-order valence-electron chi connectivity index (χ4n) is 3.94. The number of halogens is 1. The Kier molecular flexibility index (Phi) is 9.24. The van der Waals surface area contributed by atoms with Crippen LogP contribution in [0.5, 0.6) is 0 Å². The van der Waals surface area contributed by atoms with Gasteiger partial charge in [-0.2, -0.15) is 0 Å². The minimum Gasteiger partial charge on any atom is -0.379 e. The van der Waals surface area contributed by atoms with Gasteiger partial charge in [0.15, 0.2) is 5.96 Å². The predicted octanol–water partition coefficient (Wildman–Crippen LogP) is 2.28. The molecule has 1 aromatic rings. The quantitative estimate of drug-likeness (QED) is 0.354. The van der Waals surface area contributed by atoms with Crippen LogP contribution in [0.15, 0.2) is 29.3 Å². The molecular weight excluding hydrogens is 402 g/mol. The van der Waals surface area contributed by atoms with E-state index in [0.29, 0.717) is 13.0 Å². The lowest BCUT2D eigenvalue weighted by Gasteiger charge is -2.34. The maximum Gasteiger partial charge on any atom is 0.222 e. The van der Waals surface area contributed by atoms with E-state index in [1.54, 1.807) is 0 Å². The highest BCUT2D eigenvalue weighted by atomic mass is 35.5. The van der Waals surface area contributed by atoms with Crippen LogP contribution in [0.25, 0.3) is 0 Å². The normalized spacial score (nSPS) is 19.2. The molecule has 7 nitrogen and oxygen atoms in total. The Morgan fingerprint density at radius 2 is 1.97 bits per heavy atom. The molecule has 2 N–H and O–H groups in total. The zero-order chi connectivity index (χ0) is 21.2. The number of likely N-dealkylation sites (tertiary alicyclic amines) is 1. The third-order valence-electron chi connectivity index (χ3n) is 5.58. The number of hydrogen-bond acceptors (Lipinski definition) is 4. The minimum absolute atomic E-state index is 0.184. The molecule has 1 aromatic carbocycles. The Labute approximate surface area is 184 Å². The Morgan fingerprint density at radius 1 is 1.20 bits per heavy atom. The van der Waals surface area contributed by atoms with E-state index >= 15 is 0 Å². The van der Waals surface area contributed by atoms with Crippen LogP contribution in [0.1, 0.15) is 37.8 Å². The summed E-state index contributed by atoms with van der Waals surface area (Å²) < 4.78 is 5.53. The van der Waals surface area contributed by atoms with Crippen molar-refractivity contribution in [2.75, 3.05) is 59.0 Å². The molecule has 2 heterocycles. The summed E-state index contributed by atoms with van der Waals surface area (Å²) in [6.07, 6.45) is 2.61. The molecule has 0 radical (unpaired) electrons. The molecular formula is C22H34ClN5O2. The van der Waals surface area contributed by atoms with Gasteiger partial charge in [-0.3, -0.25) is 14.7 Å². The molecule has 1 unspecified atom stereocenters. The van der Waals surface area contributed by atoms with E-state index in [0.717, 1.165) is 76.3 Å². The lowest BCUT2D eigenvalue weighted by molar-refractivity contribution is -0.127. The Balaban J connectivity index is 1.58. The van der Waals surface area contributed by atoms with E-state index < -0.39 is 0 Å². The molecule has 0 spiro atoms. The number of hydrogen-bond donors (Lipinski definition) is 2. The maximum absolute atomic E-state index is 11.7. The van der Waals surface area contributed by atoms with Gasteiger partial charge in [-0.15, -0.1) is 0 Å². The van der Waals surface area contributed by atoms with Gasteiger partial charge in [0.1, 0.15) is 0 Å². The standard InChI is InChI=1S/C22H34ClN5O2/c1-2-24-22(25-10-4-12-28-11-3-5-21(28)29)26-17-20(27-13-15-30-16-14-27)18-6-8-19(23)9-7-18/h6-9,20H,2-5,10-17H2,1H3,(H2,24,25,26). The van der Waals surface area contributed by atoms with Crippen molar-refractivity contribution in [1.29, 1.82) is 0 Å². The number of benzene rings is 1. The van der Waals surface area contributed by atoms with E-state index in [9.17, 15) is 4.79 Å². The number of aliphatic imine (C=N–C) groups is 1. The summed E-state index contributed by atoms with van der Waals surface area (Å²) in [4.78, 5) is 21.0. The highest BCUT2D eigenvalue weighted by Gasteiger charge is 2.23. The second-order valence-corrected chi connectivity index (χ2v) is 8.14. The number of nitrogens with zero attached hydrogens (tertiary/aromatic N) is 3. The molecule has 2 fully saturated rings. The molecule has 2 aliphatic heterocycles. The third-order valence-corrected chi connectivity index (χ3v) is 5.83. The van der Waals surface area contributed by atoms with Gasteiger partial charge in [-0.05, 0) is 37.5 Å². The summed E-state index contributed by atoms with van der Waals surface area (Å²) in [6, 6.07) is 8.24.